The van der Waals surface area contributed by atoms with Crippen molar-refractivity contribution in [2.24, 2.45) is 0 Å². The molecule has 0 aliphatic rings. The fourth-order valence-corrected chi connectivity index (χ4v) is 1.22. The van der Waals surface area contributed by atoms with Crippen molar-refractivity contribution in [1.82, 2.24) is 0 Å². The van der Waals surface area contributed by atoms with Gasteiger partial charge in [0, 0.05) is 0 Å². The van der Waals surface area contributed by atoms with Gasteiger partial charge in [0.2, 0.25) is 0 Å². The van der Waals surface area contributed by atoms with Gasteiger partial charge in [-0.2, -0.15) is 0 Å². The van der Waals surface area contributed by atoms with Crippen LogP contribution in [0.15, 0.2) is 36.5 Å². The van der Waals surface area contributed by atoms with E-state index in [0.717, 1.165) is 19.3 Å². The van der Waals surface area contributed by atoms with Crippen LogP contribution in [0.1, 0.15) is 33.1 Å². The minimum absolute atomic E-state index is 1.01. The Labute approximate surface area is 70.3 Å². The molecule has 0 amide bonds. The lowest BCUT2D eigenvalue weighted by atomic mass is 10.0. The van der Waals surface area contributed by atoms with E-state index in [1.165, 1.54) is 11.1 Å². The molecule has 0 N–H and O–H groups in total. The maximum atomic E-state index is 3.79. The van der Waals surface area contributed by atoms with Crippen molar-refractivity contribution >= 4 is 0 Å². The molecule has 0 aromatic carbocycles. The minimum Gasteiger partial charge on any atom is -0.103 e. The van der Waals surface area contributed by atoms with Crippen molar-refractivity contribution in [3.05, 3.63) is 36.5 Å². The van der Waals surface area contributed by atoms with Crippen LogP contribution in [0.25, 0.3) is 0 Å². The van der Waals surface area contributed by atoms with Gasteiger partial charge in [0.1, 0.15) is 0 Å². The van der Waals surface area contributed by atoms with Gasteiger partial charge >= 0.3 is 0 Å². The summed E-state index contributed by atoms with van der Waals surface area (Å²) in [5.74, 6) is 0. The van der Waals surface area contributed by atoms with Gasteiger partial charge in [-0.15, -0.1) is 6.58 Å². The first-order valence-corrected chi connectivity index (χ1v) is 4.24. The molecule has 0 radical (unpaired) electrons. The molecule has 0 rings (SSSR count). The van der Waals surface area contributed by atoms with Crippen molar-refractivity contribution in [3.63, 3.8) is 0 Å². The van der Waals surface area contributed by atoms with Crippen molar-refractivity contribution in [1.29, 1.82) is 0 Å². The molecular formula is C11H18. The lowest BCUT2D eigenvalue weighted by Crippen LogP contribution is -1.85. The second kappa shape index (κ2) is 5.96. The summed E-state index contributed by atoms with van der Waals surface area (Å²) in [6.45, 7) is 11.9. The smallest absolute Gasteiger partial charge is 0.0136 e. The van der Waals surface area contributed by atoms with Gasteiger partial charge in [-0.25, -0.2) is 0 Å². The number of hydrogen-bond acceptors (Lipinski definition) is 0. The highest BCUT2D eigenvalue weighted by atomic mass is 14.0. The summed E-state index contributed by atoms with van der Waals surface area (Å²) < 4.78 is 0. The Bertz CT molecular complexity index is 161. The van der Waals surface area contributed by atoms with Crippen LogP contribution in [0.3, 0.4) is 0 Å². The average Bonchev–Trinajstić information content (AvgIpc) is 2.05. The third kappa shape index (κ3) is 3.22. The summed E-state index contributed by atoms with van der Waals surface area (Å²) in [6.07, 6.45) is 7.12. The van der Waals surface area contributed by atoms with Gasteiger partial charge < -0.3 is 0 Å². The highest BCUT2D eigenvalue weighted by molar-refractivity contribution is 5.25. The maximum absolute atomic E-state index is 3.79. The molecule has 0 aromatic heterocycles. The SMILES string of the molecule is C=CC/C(CC)=C(\C=C)CC. The summed E-state index contributed by atoms with van der Waals surface area (Å²) in [5.41, 5.74) is 2.85. The average molecular weight is 150 g/mol. The molecule has 62 valence electrons. The molecule has 0 aliphatic carbocycles. The molecule has 0 heteroatoms. The van der Waals surface area contributed by atoms with E-state index in [-0.39, 0.29) is 0 Å². The van der Waals surface area contributed by atoms with Crippen molar-refractivity contribution in [2.45, 2.75) is 33.1 Å². The zero-order chi connectivity index (χ0) is 8.69. The number of rotatable bonds is 5. The Kier molecular flexibility index (Phi) is 5.54. The van der Waals surface area contributed by atoms with Gasteiger partial charge in [0.05, 0.1) is 0 Å². The monoisotopic (exact) mass is 150 g/mol. The predicted molar refractivity (Wildman–Crippen MR) is 52.6 cm³/mol. The lowest BCUT2D eigenvalue weighted by molar-refractivity contribution is 0.970. The Morgan fingerprint density at radius 1 is 1.18 bits per heavy atom. The van der Waals surface area contributed by atoms with Crippen LogP contribution in [0.5, 0.6) is 0 Å². The van der Waals surface area contributed by atoms with Crippen LogP contribution >= 0.6 is 0 Å². The summed E-state index contributed by atoms with van der Waals surface area (Å²) in [5, 5.41) is 0. The molecule has 0 unspecified atom stereocenters. The normalized spacial score (nSPS) is 12.2. The summed E-state index contributed by atoms with van der Waals surface area (Å²) in [6, 6.07) is 0. The molecule has 0 saturated heterocycles. The second-order valence-corrected chi connectivity index (χ2v) is 2.53. The molecular weight excluding hydrogens is 132 g/mol. The van der Waals surface area contributed by atoms with Gasteiger partial charge in [-0.3, -0.25) is 0 Å². The molecule has 0 heterocycles. The lowest BCUT2D eigenvalue weighted by Gasteiger charge is -2.05. The standard InChI is InChI=1S/C11H18/c1-5-9-11(8-4)10(6-2)7-3/h5-6H,1-2,7-9H2,3-4H3/b11-10+. The van der Waals surface area contributed by atoms with E-state index < -0.39 is 0 Å². The van der Waals surface area contributed by atoms with Crippen LogP contribution in [-0.2, 0) is 0 Å². The summed E-state index contributed by atoms with van der Waals surface area (Å²) >= 11 is 0. The van der Waals surface area contributed by atoms with Crippen LogP contribution < -0.4 is 0 Å². The van der Waals surface area contributed by atoms with E-state index in [1.807, 2.05) is 12.2 Å². The molecule has 0 spiro atoms. The molecule has 0 aromatic rings. The molecule has 0 aliphatic heterocycles. The van der Waals surface area contributed by atoms with Gasteiger partial charge in [-0.05, 0) is 24.8 Å². The van der Waals surface area contributed by atoms with Gasteiger partial charge in [0.15, 0.2) is 0 Å². The zero-order valence-corrected chi connectivity index (χ0v) is 7.69. The highest BCUT2D eigenvalue weighted by Gasteiger charge is 1.96. The summed E-state index contributed by atoms with van der Waals surface area (Å²) in [4.78, 5) is 0. The Morgan fingerprint density at radius 2 is 1.82 bits per heavy atom. The van der Waals surface area contributed by atoms with E-state index in [4.69, 9.17) is 0 Å². The first-order chi connectivity index (χ1) is 5.29. The number of allylic oxidation sites excluding steroid dienone is 4. The van der Waals surface area contributed by atoms with E-state index in [9.17, 15) is 0 Å². The summed E-state index contributed by atoms with van der Waals surface area (Å²) in [7, 11) is 0. The molecule has 0 fully saturated rings. The molecule has 0 bridgehead atoms. The first kappa shape index (κ1) is 10.2. The largest absolute Gasteiger partial charge is 0.103 e. The van der Waals surface area contributed by atoms with Crippen LogP contribution in [-0.4, -0.2) is 0 Å². The van der Waals surface area contributed by atoms with E-state index >= 15 is 0 Å². The van der Waals surface area contributed by atoms with Crippen molar-refractivity contribution in [2.75, 3.05) is 0 Å². The van der Waals surface area contributed by atoms with Crippen molar-refractivity contribution in [3.8, 4) is 0 Å². The Balaban J connectivity index is 4.46. The zero-order valence-electron chi connectivity index (χ0n) is 7.69. The Morgan fingerprint density at radius 3 is 2.09 bits per heavy atom. The van der Waals surface area contributed by atoms with Crippen LogP contribution in [0.2, 0.25) is 0 Å². The van der Waals surface area contributed by atoms with E-state index in [1.54, 1.807) is 0 Å². The van der Waals surface area contributed by atoms with E-state index in [2.05, 4.69) is 27.0 Å². The fraction of sp³-hybridized carbons (Fsp3) is 0.455. The van der Waals surface area contributed by atoms with Crippen LogP contribution in [0.4, 0.5) is 0 Å². The molecule has 0 saturated carbocycles. The van der Waals surface area contributed by atoms with Crippen LogP contribution in [0, 0.1) is 0 Å². The molecule has 11 heavy (non-hydrogen) atoms. The quantitative estimate of drug-likeness (QED) is 0.412. The number of hydrogen-bond donors (Lipinski definition) is 0. The molecule has 0 nitrogen and oxygen atoms in total. The van der Waals surface area contributed by atoms with Gasteiger partial charge in [0.25, 0.3) is 0 Å². The predicted octanol–water partition coefficient (Wildman–Crippen LogP) is 3.87. The maximum Gasteiger partial charge on any atom is -0.0136 e. The third-order valence-electron chi connectivity index (χ3n) is 1.90. The van der Waals surface area contributed by atoms with Gasteiger partial charge in [-0.1, -0.05) is 38.2 Å². The Hall–Kier alpha value is -0.780. The topological polar surface area (TPSA) is 0 Å². The van der Waals surface area contributed by atoms with Crippen molar-refractivity contribution < 1.29 is 0 Å². The second-order valence-electron chi connectivity index (χ2n) is 2.53. The fourth-order valence-electron chi connectivity index (χ4n) is 1.22. The highest BCUT2D eigenvalue weighted by Crippen LogP contribution is 2.16. The first-order valence-electron chi connectivity index (χ1n) is 4.24. The van der Waals surface area contributed by atoms with E-state index in [0.29, 0.717) is 0 Å². The third-order valence-corrected chi connectivity index (χ3v) is 1.90. The minimum atomic E-state index is 1.01. The molecule has 0 atom stereocenters.